The van der Waals surface area contributed by atoms with Crippen LogP contribution >= 0.6 is 0 Å². The number of morpholine rings is 1. The maximum Gasteiger partial charge on any atom is 0.253 e. The minimum Gasteiger partial charge on any atom is -0.506 e. The van der Waals surface area contributed by atoms with Crippen LogP contribution in [0.5, 0.6) is 5.75 Å². The zero-order valence-electron chi connectivity index (χ0n) is 9.35. The third-order valence-corrected chi connectivity index (χ3v) is 2.49. The van der Waals surface area contributed by atoms with Gasteiger partial charge in [-0.05, 0) is 6.07 Å². The van der Waals surface area contributed by atoms with Crippen LogP contribution in [0.3, 0.4) is 0 Å². The lowest BCUT2D eigenvalue weighted by atomic mass is 10.2. The molecule has 1 saturated heterocycles. The smallest absolute Gasteiger partial charge is 0.253 e. The molecule has 0 radical (unpaired) electrons. The van der Waals surface area contributed by atoms with Gasteiger partial charge in [-0.25, -0.2) is 0 Å². The Kier molecular flexibility index (Phi) is 3.89. The highest BCUT2D eigenvalue weighted by molar-refractivity contribution is 5.94. The zero-order chi connectivity index (χ0) is 12.1. The van der Waals surface area contributed by atoms with Crippen molar-refractivity contribution in [3.63, 3.8) is 0 Å². The molecule has 1 amide bonds. The fourth-order valence-corrected chi connectivity index (χ4v) is 1.62. The number of aromatic hydroxyl groups is 1. The number of rotatable bonds is 3. The summed E-state index contributed by atoms with van der Waals surface area (Å²) in [6.45, 7) is 2.60. The van der Waals surface area contributed by atoms with E-state index >= 15 is 0 Å². The van der Waals surface area contributed by atoms with E-state index in [0.717, 1.165) is 6.54 Å². The molecule has 1 aromatic rings. The Hall–Kier alpha value is -1.66. The van der Waals surface area contributed by atoms with Crippen molar-refractivity contribution < 1.29 is 14.6 Å². The van der Waals surface area contributed by atoms with Crippen LogP contribution in [-0.4, -0.2) is 48.3 Å². The fourth-order valence-electron chi connectivity index (χ4n) is 1.62. The Morgan fingerprint density at radius 1 is 1.65 bits per heavy atom. The molecule has 3 N–H and O–H groups in total. The molecule has 0 spiro atoms. The van der Waals surface area contributed by atoms with Crippen LogP contribution in [0, 0.1) is 0 Å². The summed E-state index contributed by atoms with van der Waals surface area (Å²) in [5, 5.41) is 15.2. The van der Waals surface area contributed by atoms with Gasteiger partial charge in [0.15, 0.2) is 0 Å². The summed E-state index contributed by atoms with van der Waals surface area (Å²) in [4.78, 5) is 15.5. The second kappa shape index (κ2) is 5.60. The van der Waals surface area contributed by atoms with Gasteiger partial charge in [0.05, 0.1) is 25.0 Å². The van der Waals surface area contributed by atoms with E-state index in [2.05, 4.69) is 15.6 Å². The van der Waals surface area contributed by atoms with E-state index < -0.39 is 0 Å². The van der Waals surface area contributed by atoms with E-state index in [-0.39, 0.29) is 17.7 Å². The maximum absolute atomic E-state index is 11.7. The van der Waals surface area contributed by atoms with Crippen molar-refractivity contribution in [2.75, 3.05) is 26.3 Å². The number of carbonyl (C=O) groups is 1. The van der Waals surface area contributed by atoms with Crippen LogP contribution < -0.4 is 10.6 Å². The second-order valence-electron chi connectivity index (χ2n) is 3.87. The molecule has 17 heavy (non-hydrogen) atoms. The molecule has 0 aliphatic carbocycles. The van der Waals surface area contributed by atoms with Gasteiger partial charge >= 0.3 is 0 Å². The Morgan fingerprint density at radius 2 is 2.53 bits per heavy atom. The summed E-state index contributed by atoms with van der Waals surface area (Å²) in [6, 6.07) is 1.52. The molecule has 0 saturated carbocycles. The number of hydrogen-bond acceptors (Lipinski definition) is 5. The molecule has 6 nitrogen and oxygen atoms in total. The van der Waals surface area contributed by atoms with Gasteiger partial charge in [-0.1, -0.05) is 0 Å². The first-order valence-corrected chi connectivity index (χ1v) is 5.49. The van der Waals surface area contributed by atoms with Gasteiger partial charge in [0.1, 0.15) is 5.75 Å². The monoisotopic (exact) mass is 237 g/mol. The van der Waals surface area contributed by atoms with Crippen molar-refractivity contribution >= 4 is 5.91 Å². The van der Waals surface area contributed by atoms with Crippen molar-refractivity contribution in [2.45, 2.75) is 6.04 Å². The number of aromatic nitrogens is 1. The normalized spacial score (nSPS) is 19.9. The Balaban J connectivity index is 1.84. The van der Waals surface area contributed by atoms with Crippen molar-refractivity contribution in [3.05, 3.63) is 24.0 Å². The van der Waals surface area contributed by atoms with E-state index in [0.29, 0.717) is 25.3 Å². The fraction of sp³-hybridized carbons (Fsp3) is 0.455. The molecule has 1 fully saturated rings. The first-order valence-electron chi connectivity index (χ1n) is 5.49. The quantitative estimate of drug-likeness (QED) is 0.660. The van der Waals surface area contributed by atoms with E-state index in [1.165, 1.54) is 18.5 Å². The van der Waals surface area contributed by atoms with Crippen LogP contribution in [0.1, 0.15) is 10.4 Å². The second-order valence-corrected chi connectivity index (χ2v) is 3.87. The van der Waals surface area contributed by atoms with Gasteiger partial charge in [0, 0.05) is 25.3 Å². The number of carbonyl (C=O) groups excluding carboxylic acids is 1. The highest BCUT2D eigenvalue weighted by atomic mass is 16.5. The number of nitrogens with one attached hydrogen (secondary N) is 2. The number of nitrogens with zero attached hydrogens (tertiary/aromatic N) is 1. The predicted molar refractivity (Wildman–Crippen MR) is 60.8 cm³/mol. The summed E-state index contributed by atoms with van der Waals surface area (Å²) >= 11 is 0. The standard InChI is InChI=1S/C11H15N3O3/c15-10-3-8(4-12-6-10)11(16)14-5-9-7-17-2-1-13-9/h3-4,6,9,13,15H,1-2,5,7H2,(H,14,16). The molecule has 1 aliphatic heterocycles. The van der Waals surface area contributed by atoms with Crippen LogP contribution in [0.15, 0.2) is 18.5 Å². The van der Waals surface area contributed by atoms with E-state index in [9.17, 15) is 9.90 Å². The van der Waals surface area contributed by atoms with E-state index in [1.54, 1.807) is 0 Å². The lowest BCUT2D eigenvalue weighted by molar-refractivity contribution is 0.0734. The first-order chi connectivity index (χ1) is 8.25. The maximum atomic E-state index is 11.7. The molecule has 0 aromatic carbocycles. The molecule has 2 heterocycles. The topological polar surface area (TPSA) is 83.5 Å². The number of hydrogen-bond donors (Lipinski definition) is 3. The third kappa shape index (κ3) is 3.40. The molecule has 92 valence electrons. The van der Waals surface area contributed by atoms with Gasteiger partial charge in [0.25, 0.3) is 5.91 Å². The molecular formula is C11H15N3O3. The molecule has 1 atom stereocenters. The molecule has 0 bridgehead atoms. The SMILES string of the molecule is O=C(NCC1COCCN1)c1cncc(O)c1. The molecule has 6 heteroatoms. The predicted octanol–water partition coefficient (Wildman–Crippen LogP) is -0.495. The summed E-state index contributed by atoms with van der Waals surface area (Å²) in [5.41, 5.74) is 0.349. The first kappa shape index (κ1) is 11.8. The molecule has 2 rings (SSSR count). The molecule has 1 unspecified atom stereocenters. The minimum absolute atomic E-state index is 0.0169. The van der Waals surface area contributed by atoms with E-state index in [1.807, 2.05) is 0 Å². The Bertz CT molecular complexity index is 391. The average Bonchev–Trinajstić information content (AvgIpc) is 2.37. The average molecular weight is 237 g/mol. The van der Waals surface area contributed by atoms with Crippen molar-refractivity contribution in [3.8, 4) is 5.75 Å². The summed E-state index contributed by atoms with van der Waals surface area (Å²) in [7, 11) is 0. The van der Waals surface area contributed by atoms with Crippen LogP contribution in [0.25, 0.3) is 0 Å². The van der Waals surface area contributed by atoms with E-state index in [4.69, 9.17) is 4.74 Å². The van der Waals surface area contributed by atoms with Crippen molar-refractivity contribution in [1.82, 2.24) is 15.6 Å². The van der Waals surface area contributed by atoms with Gasteiger partial charge in [-0.15, -0.1) is 0 Å². The lowest BCUT2D eigenvalue weighted by Gasteiger charge is -2.23. The summed E-state index contributed by atoms with van der Waals surface area (Å²) < 4.78 is 5.27. The number of amides is 1. The van der Waals surface area contributed by atoms with Crippen LogP contribution in [0.4, 0.5) is 0 Å². The minimum atomic E-state index is -0.249. The van der Waals surface area contributed by atoms with Crippen LogP contribution in [0.2, 0.25) is 0 Å². The summed E-state index contributed by atoms with van der Waals surface area (Å²) in [6.07, 6.45) is 2.70. The number of pyridine rings is 1. The molecule has 1 aliphatic rings. The third-order valence-electron chi connectivity index (χ3n) is 2.49. The highest BCUT2D eigenvalue weighted by Gasteiger charge is 2.14. The van der Waals surface area contributed by atoms with Gasteiger partial charge in [-0.2, -0.15) is 0 Å². The van der Waals surface area contributed by atoms with Gasteiger partial charge < -0.3 is 20.5 Å². The lowest BCUT2D eigenvalue weighted by Crippen LogP contribution is -2.48. The van der Waals surface area contributed by atoms with Crippen molar-refractivity contribution in [2.24, 2.45) is 0 Å². The molecular weight excluding hydrogens is 222 g/mol. The Morgan fingerprint density at radius 3 is 3.24 bits per heavy atom. The molecule has 1 aromatic heterocycles. The largest absolute Gasteiger partial charge is 0.506 e. The van der Waals surface area contributed by atoms with Gasteiger partial charge in [-0.3, -0.25) is 9.78 Å². The summed E-state index contributed by atoms with van der Waals surface area (Å²) in [5.74, 6) is -0.266. The Labute approximate surface area is 99.0 Å². The highest BCUT2D eigenvalue weighted by Crippen LogP contribution is 2.08. The number of ether oxygens (including phenoxy) is 1. The van der Waals surface area contributed by atoms with Crippen molar-refractivity contribution in [1.29, 1.82) is 0 Å². The van der Waals surface area contributed by atoms with Gasteiger partial charge in [0.2, 0.25) is 0 Å². The van der Waals surface area contributed by atoms with Crippen LogP contribution in [-0.2, 0) is 4.74 Å². The zero-order valence-corrected chi connectivity index (χ0v) is 9.35.